The minimum absolute atomic E-state index is 0.422. The molecule has 0 spiro atoms. The number of carboxylic acids is 1. The summed E-state index contributed by atoms with van der Waals surface area (Å²) >= 11 is 3.44. The molecule has 5 heteroatoms. The van der Waals surface area contributed by atoms with E-state index in [1.54, 1.807) is 21.0 Å². The highest BCUT2D eigenvalue weighted by Gasteiger charge is 2.56. The van der Waals surface area contributed by atoms with E-state index in [-0.39, 0.29) is 0 Å². The summed E-state index contributed by atoms with van der Waals surface area (Å²) < 4.78 is 11.3. The van der Waals surface area contributed by atoms with Crippen LogP contribution in [0.1, 0.15) is 19.4 Å². The summed E-state index contributed by atoms with van der Waals surface area (Å²) in [6.45, 7) is 4.34. The normalized spacial score (nSPS) is 17.7. The molecule has 0 bridgehead atoms. The highest BCUT2D eigenvalue weighted by molar-refractivity contribution is 9.10. The average molecular weight is 329 g/mol. The third kappa shape index (κ3) is 2.05. The van der Waals surface area contributed by atoms with Crippen molar-refractivity contribution in [2.45, 2.75) is 19.3 Å². The Hall–Kier alpha value is -1.07. The van der Waals surface area contributed by atoms with E-state index in [2.05, 4.69) is 15.9 Å². The molecule has 0 saturated carbocycles. The van der Waals surface area contributed by atoms with Gasteiger partial charge in [-0.1, -0.05) is 6.07 Å². The van der Waals surface area contributed by atoms with E-state index >= 15 is 0 Å². The topological polar surface area (TPSA) is 55.8 Å². The van der Waals surface area contributed by atoms with Crippen molar-refractivity contribution < 1.29 is 19.4 Å². The van der Waals surface area contributed by atoms with E-state index in [0.717, 1.165) is 15.8 Å². The Morgan fingerprint density at radius 3 is 2.47 bits per heavy atom. The van der Waals surface area contributed by atoms with Gasteiger partial charge in [0.1, 0.15) is 5.75 Å². The lowest BCUT2D eigenvalue weighted by Gasteiger charge is -2.50. The van der Waals surface area contributed by atoms with E-state index < -0.39 is 16.8 Å². The maximum atomic E-state index is 11.5. The zero-order chi connectivity index (χ0) is 14.3. The first-order chi connectivity index (χ1) is 8.85. The van der Waals surface area contributed by atoms with Gasteiger partial charge in [-0.15, -0.1) is 0 Å². The fraction of sp³-hybridized carbons (Fsp3) is 0.500. The first kappa shape index (κ1) is 14.3. The van der Waals surface area contributed by atoms with Gasteiger partial charge in [-0.25, -0.2) is 0 Å². The lowest BCUT2D eigenvalue weighted by molar-refractivity contribution is -0.171. The van der Waals surface area contributed by atoms with Crippen LogP contribution in [0.2, 0.25) is 0 Å². The van der Waals surface area contributed by atoms with Crippen LogP contribution >= 0.6 is 15.9 Å². The van der Waals surface area contributed by atoms with Crippen LogP contribution in [0.4, 0.5) is 0 Å². The highest BCUT2D eigenvalue weighted by Crippen LogP contribution is 2.48. The molecule has 1 N–H and O–H groups in total. The second-order valence-electron chi connectivity index (χ2n) is 5.35. The number of halogens is 1. The van der Waals surface area contributed by atoms with Crippen LogP contribution in [-0.4, -0.2) is 31.4 Å². The number of aliphatic carboxylic acids is 1. The van der Waals surface area contributed by atoms with E-state index in [9.17, 15) is 9.90 Å². The van der Waals surface area contributed by atoms with Crippen molar-refractivity contribution in [2.75, 3.05) is 20.3 Å². The molecule has 0 atom stereocenters. The standard InChI is InChI=1S/C14H17BrO4/c1-13(2,12(16)17)14(7-19-8-14)9-4-5-11(18-3)10(15)6-9/h4-6H,7-8H2,1-3H3,(H,16,17). The van der Waals surface area contributed by atoms with Crippen LogP contribution in [0.15, 0.2) is 22.7 Å². The van der Waals surface area contributed by atoms with Crippen LogP contribution < -0.4 is 4.74 Å². The van der Waals surface area contributed by atoms with Gasteiger partial charge in [0.15, 0.2) is 0 Å². The quantitative estimate of drug-likeness (QED) is 0.923. The number of hydrogen-bond donors (Lipinski definition) is 1. The molecule has 1 heterocycles. The van der Waals surface area contributed by atoms with Crippen molar-refractivity contribution in [1.82, 2.24) is 0 Å². The molecular weight excluding hydrogens is 312 g/mol. The Bertz CT molecular complexity index is 506. The predicted octanol–water partition coefficient (Wildman–Crippen LogP) is 2.84. The molecule has 1 aromatic carbocycles. The Balaban J connectivity index is 2.48. The zero-order valence-electron chi connectivity index (χ0n) is 11.2. The van der Waals surface area contributed by atoms with Gasteiger partial charge in [0.2, 0.25) is 0 Å². The number of carboxylic acid groups (broad SMARTS) is 1. The molecule has 0 aliphatic carbocycles. The van der Waals surface area contributed by atoms with Gasteiger partial charge in [-0.05, 0) is 47.5 Å². The van der Waals surface area contributed by atoms with Crippen LogP contribution in [0.25, 0.3) is 0 Å². The van der Waals surface area contributed by atoms with Gasteiger partial charge in [-0.3, -0.25) is 4.79 Å². The van der Waals surface area contributed by atoms with E-state index in [1.807, 2.05) is 18.2 Å². The van der Waals surface area contributed by atoms with E-state index in [4.69, 9.17) is 9.47 Å². The fourth-order valence-corrected chi connectivity index (χ4v) is 2.90. The lowest BCUT2D eigenvalue weighted by Crippen LogP contribution is -2.59. The van der Waals surface area contributed by atoms with Crippen molar-refractivity contribution in [1.29, 1.82) is 0 Å². The maximum Gasteiger partial charge on any atom is 0.310 e. The largest absolute Gasteiger partial charge is 0.496 e. The first-order valence-electron chi connectivity index (χ1n) is 6.00. The smallest absolute Gasteiger partial charge is 0.310 e. The van der Waals surface area contributed by atoms with Crippen LogP contribution in [-0.2, 0) is 14.9 Å². The van der Waals surface area contributed by atoms with Crippen molar-refractivity contribution in [2.24, 2.45) is 5.41 Å². The summed E-state index contributed by atoms with van der Waals surface area (Å²) in [5.74, 6) is -0.0880. The van der Waals surface area contributed by atoms with Gasteiger partial charge in [-0.2, -0.15) is 0 Å². The lowest BCUT2D eigenvalue weighted by atomic mass is 9.60. The SMILES string of the molecule is COc1ccc(C2(C(C)(C)C(=O)O)COC2)cc1Br. The summed E-state index contributed by atoms with van der Waals surface area (Å²) in [6, 6.07) is 5.68. The predicted molar refractivity (Wildman–Crippen MR) is 74.6 cm³/mol. The second-order valence-corrected chi connectivity index (χ2v) is 6.21. The third-order valence-corrected chi connectivity index (χ3v) is 4.75. The number of rotatable bonds is 4. The van der Waals surface area contributed by atoms with Gasteiger partial charge < -0.3 is 14.6 Å². The van der Waals surface area contributed by atoms with Crippen LogP contribution in [0.3, 0.4) is 0 Å². The molecule has 0 unspecified atom stereocenters. The Morgan fingerprint density at radius 1 is 1.47 bits per heavy atom. The summed E-state index contributed by atoms with van der Waals surface area (Å²) in [5, 5.41) is 9.48. The Labute approximate surface area is 120 Å². The third-order valence-electron chi connectivity index (χ3n) is 4.13. The van der Waals surface area contributed by atoms with Crippen molar-refractivity contribution in [3.63, 3.8) is 0 Å². The maximum absolute atomic E-state index is 11.5. The zero-order valence-corrected chi connectivity index (χ0v) is 12.8. The molecule has 0 aromatic heterocycles. The molecular formula is C14H17BrO4. The molecule has 1 aliphatic rings. The molecule has 19 heavy (non-hydrogen) atoms. The van der Waals surface area contributed by atoms with Crippen molar-refractivity contribution in [3.8, 4) is 5.75 Å². The average Bonchev–Trinajstić information content (AvgIpc) is 2.27. The van der Waals surface area contributed by atoms with Gasteiger partial charge in [0.05, 0.1) is 35.6 Å². The molecule has 1 fully saturated rings. The molecule has 1 aromatic rings. The summed E-state index contributed by atoms with van der Waals surface area (Å²) in [7, 11) is 1.60. The Kier molecular flexibility index (Phi) is 3.62. The summed E-state index contributed by atoms with van der Waals surface area (Å²) in [5.41, 5.74) is -0.425. The van der Waals surface area contributed by atoms with E-state index in [0.29, 0.717) is 13.2 Å². The van der Waals surface area contributed by atoms with Crippen molar-refractivity contribution >= 4 is 21.9 Å². The molecule has 1 saturated heterocycles. The Morgan fingerprint density at radius 2 is 2.11 bits per heavy atom. The molecule has 0 radical (unpaired) electrons. The number of carbonyl (C=O) groups is 1. The molecule has 0 amide bonds. The molecule has 104 valence electrons. The monoisotopic (exact) mass is 328 g/mol. The molecule has 1 aliphatic heterocycles. The van der Waals surface area contributed by atoms with Crippen LogP contribution in [0.5, 0.6) is 5.75 Å². The number of ether oxygens (including phenoxy) is 2. The number of benzene rings is 1. The van der Waals surface area contributed by atoms with Crippen molar-refractivity contribution in [3.05, 3.63) is 28.2 Å². The highest BCUT2D eigenvalue weighted by atomic mass is 79.9. The minimum atomic E-state index is -0.890. The summed E-state index contributed by atoms with van der Waals surface area (Å²) in [6.07, 6.45) is 0. The second kappa shape index (κ2) is 4.80. The summed E-state index contributed by atoms with van der Waals surface area (Å²) in [4.78, 5) is 11.5. The van der Waals surface area contributed by atoms with Gasteiger partial charge in [0.25, 0.3) is 0 Å². The molecule has 4 nitrogen and oxygen atoms in total. The molecule has 2 rings (SSSR count). The van der Waals surface area contributed by atoms with E-state index in [1.165, 1.54) is 0 Å². The van der Waals surface area contributed by atoms with Gasteiger partial charge >= 0.3 is 5.97 Å². The minimum Gasteiger partial charge on any atom is -0.496 e. The van der Waals surface area contributed by atoms with Gasteiger partial charge in [0, 0.05) is 0 Å². The first-order valence-corrected chi connectivity index (χ1v) is 6.79. The number of hydrogen-bond acceptors (Lipinski definition) is 3. The fourth-order valence-electron chi connectivity index (χ4n) is 2.36. The number of methoxy groups -OCH3 is 1. The van der Waals surface area contributed by atoms with Crippen LogP contribution in [0, 0.1) is 5.41 Å².